The van der Waals surface area contributed by atoms with E-state index in [2.05, 4.69) is 21.9 Å². The summed E-state index contributed by atoms with van der Waals surface area (Å²) in [6.07, 6.45) is 5.89. The summed E-state index contributed by atoms with van der Waals surface area (Å²) in [6, 6.07) is 6.60. The molecule has 3 atom stereocenters. The average Bonchev–Trinajstić information content (AvgIpc) is 3.25. The Morgan fingerprint density at radius 2 is 1.83 bits per heavy atom. The van der Waals surface area contributed by atoms with Crippen LogP contribution in [0, 0.1) is 5.41 Å². The number of nitrogens with zero attached hydrogens (tertiary/aromatic N) is 2. The molecule has 3 spiro atoms. The SMILES string of the molecule is COc1cccc2c1N(C(C)=O)C13CCC4(CC1)C(OC(C)=O)CCN1CCC23C14. The van der Waals surface area contributed by atoms with Crippen molar-refractivity contribution in [1.82, 2.24) is 4.90 Å². The van der Waals surface area contributed by atoms with Crippen molar-refractivity contribution >= 4 is 17.6 Å². The standard InChI is InChI=1S/C24H30N2O4/c1-15(27)26-20-17(5-4-6-18(20)29-3)24-12-14-25-13-7-19(30-16(2)28)22(21(24)25)8-10-23(24,26)11-9-22/h4-6,19,21H,7-14H2,1-3H3. The Balaban J connectivity index is 1.62. The van der Waals surface area contributed by atoms with Crippen molar-refractivity contribution in [2.45, 2.75) is 75.5 Å². The molecule has 6 nitrogen and oxygen atoms in total. The molecular weight excluding hydrogens is 380 g/mol. The quantitative estimate of drug-likeness (QED) is 0.702. The monoisotopic (exact) mass is 410 g/mol. The van der Waals surface area contributed by atoms with Gasteiger partial charge in [0.1, 0.15) is 11.9 Å². The number of methoxy groups -OCH3 is 1. The maximum absolute atomic E-state index is 13.1. The molecule has 3 unspecified atom stereocenters. The first-order valence-corrected chi connectivity index (χ1v) is 11.3. The summed E-state index contributed by atoms with van der Waals surface area (Å²) < 4.78 is 11.8. The Hall–Kier alpha value is -2.08. The van der Waals surface area contributed by atoms with Gasteiger partial charge in [0, 0.05) is 37.3 Å². The molecule has 2 saturated heterocycles. The third-order valence-corrected chi connectivity index (χ3v) is 9.30. The predicted octanol–water partition coefficient (Wildman–Crippen LogP) is 3.02. The highest BCUT2D eigenvalue weighted by Crippen LogP contribution is 2.75. The number of piperidine rings is 1. The number of para-hydroxylation sites is 1. The molecule has 6 aliphatic rings. The number of rotatable bonds is 2. The van der Waals surface area contributed by atoms with Crippen molar-refractivity contribution < 1.29 is 19.1 Å². The summed E-state index contributed by atoms with van der Waals surface area (Å²) in [4.78, 5) is 29.9. The molecular formula is C24H30N2O4. The molecule has 1 aromatic carbocycles. The molecule has 5 fully saturated rings. The second-order valence-electron chi connectivity index (χ2n) is 10.0. The number of carbonyl (C=O) groups is 2. The molecule has 160 valence electrons. The maximum Gasteiger partial charge on any atom is 0.302 e. The van der Waals surface area contributed by atoms with Crippen LogP contribution in [-0.4, -0.2) is 54.7 Å². The van der Waals surface area contributed by atoms with Crippen LogP contribution >= 0.6 is 0 Å². The van der Waals surface area contributed by atoms with Crippen LogP contribution in [0.25, 0.3) is 0 Å². The lowest BCUT2D eigenvalue weighted by Crippen LogP contribution is -2.77. The smallest absolute Gasteiger partial charge is 0.302 e. The van der Waals surface area contributed by atoms with E-state index in [1.807, 2.05) is 6.07 Å². The molecule has 0 aromatic heterocycles. The fraction of sp³-hybridized carbons (Fsp3) is 0.667. The Morgan fingerprint density at radius 3 is 2.50 bits per heavy atom. The van der Waals surface area contributed by atoms with Crippen LogP contribution in [0.5, 0.6) is 5.75 Å². The van der Waals surface area contributed by atoms with Crippen LogP contribution in [0.3, 0.4) is 0 Å². The van der Waals surface area contributed by atoms with Crippen molar-refractivity contribution in [3.05, 3.63) is 23.8 Å². The third kappa shape index (κ3) is 1.82. The van der Waals surface area contributed by atoms with Crippen LogP contribution < -0.4 is 9.64 Å². The zero-order valence-corrected chi connectivity index (χ0v) is 18.1. The number of carbonyl (C=O) groups excluding carboxylic acids is 2. The Kier molecular flexibility index (Phi) is 3.60. The predicted molar refractivity (Wildman–Crippen MR) is 112 cm³/mol. The van der Waals surface area contributed by atoms with Gasteiger partial charge in [0.25, 0.3) is 0 Å². The maximum atomic E-state index is 13.1. The van der Waals surface area contributed by atoms with Crippen molar-refractivity contribution in [2.75, 3.05) is 25.1 Å². The minimum absolute atomic E-state index is 0.0185. The van der Waals surface area contributed by atoms with Gasteiger partial charge >= 0.3 is 5.97 Å². The van der Waals surface area contributed by atoms with Crippen molar-refractivity contribution in [3.8, 4) is 5.75 Å². The summed E-state index contributed by atoms with van der Waals surface area (Å²) in [5.41, 5.74) is 1.93. The number of ether oxygens (including phenoxy) is 2. The number of esters is 1. The van der Waals surface area contributed by atoms with Gasteiger partial charge in [0.2, 0.25) is 5.91 Å². The number of anilines is 1. The van der Waals surface area contributed by atoms with Gasteiger partial charge in [-0.2, -0.15) is 0 Å². The normalized spacial score (nSPS) is 40.6. The fourth-order valence-corrected chi connectivity index (χ4v) is 8.68. The number of fused-ring (bicyclic) bond motifs is 3. The molecule has 0 N–H and O–H groups in total. The van der Waals surface area contributed by atoms with Gasteiger partial charge in [-0.25, -0.2) is 0 Å². The van der Waals surface area contributed by atoms with Gasteiger partial charge in [-0.1, -0.05) is 12.1 Å². The molecule has 7 rings (SSSR count). The van der Waals surface area contributed by atoms with Crippen LogP contribution in [-0.2, 0) is 19.7 Å². The van der Waals surface area contributed by atoms with E-state index in [1.165, 1.54) is 12.5 Å². The highest BCUT2D eigenvalue weighted by Gasteiger charge is 2.79. The van der Waals surface area contributed by atoms with E-state index >= 15 is 0 Å². The summed E-state index contributed by atoms with van der Waals surface area (Å²) >= 11 is 0. The van der Waals surface area contributed by atoms with E-state index < -0.39 is 0 Å². The molecule has 0 radical (unpaired) electrons. The molecule has 3 aliphatic heterocycles. The first kappa shape index (κ1) is 18.7. The summed E-state index contributed by atoms with van der Waals surface area (Å²) in [5.74, 6) is 0.734. The van der Waals surface area contributed by atoms with Crippen molar-refractivity contribution in [1.29, 1.82) is 0 Å². The number of hydrogen-bond donors (Lipinski definition) is 0. The highest BCUT2D eigenvalue weighted by atomic mass is 16.5. The minimum atomic E-state index is -0.199. The fourth-order valence-electron chi connectivity index (χ4n) is 8.68. The molecule has 1 amide bonds. The van der Waals surface area contributed by atoms with Gasteiger partial charge < -0.3 is 14.4 Å². The zero-order chi connectivity index (χ0) is 20.9. The second kappa shape index (κ2) is 5.78. The van der Waals surface area contributed by atoms with Crippen LogP contribution in [0.1, 0.15) is 57.9 Å². The summed E-state index contributed by atoms with van der Waals surface area (Å²) in [7, 11) is 1.70. The number of benzene rings is 1. The Morgan fingerprint density at radius 1 is 1.07 bits per heavy atom. The van der Waals surface area contributed by atoms with Crippen LogP contribution in [0.4, 0.5) is 5.69 Å². The van der Waals surface area contributed by atoms with Gasteiger partial charge in [-0.05, 0) is 56.7 Å². The number of hydrogen-bond acceptors (Lipinski definition) is 5. The van der Waals surface area contributed by atoms with Gasteiger partial charge in [0.05, 0.1) is 18.3 Å². The van der Waals surface area contributed by atoms with Gasteiger partial charge in [-0.3, -0.25) is 14.5 Å². The van der Waals surface area contributed by atoms with E-state index in [-0.39, 0.29) is 34.3 Å². The molecule has 1 aromatic rings. The Labute approximate surface area is 177 Å². The van der Waals surface area contributed by atoms with E-state index in [9.17, 15) is 9.59 Å². The highest BCUT2D eigenvalue weighted by molar-refractivity contribution is 5.99. The molecule has 3 saturated carbocycles. The molecule has 3 aliphatic carbocycles. The van der Waals surface area contributed by atoms with E-state index in [4.69, 9.17) is 9.47 Å². The molecule has 2 bridgehead atoms. The largest absolute Gasteiger partial charge is 0.495 e. The molecule has 6 heteroatoms. The van der Waals surface area contributed by atoms with Crippen molar-refractivity contribution in [3.63, 3.8) is 0 Å². The third-order valence-electron chi connectivity index (χ3n) is 9.30. The average molecular weight is 411 g/mol. The minimum Gasteiger partial charge on any atom is -0.495 e. The van der Waals surface area contributed by atoms with E-state index in [0.29, 0.717) is 6.04 Å². The number of amides is 1. The summed E-state index contributed by atoms with van der Waals surface area (Å²) in [5, 5.41) is 0. The van der Waals surface area contributed by atoms with Gasteiger partial charge in [-0.15, -0.1) is 0 Å². The van der Waals surface area contributed by atoms with E-state index in [1.54, 1.807) is 14.0 Å². The van der Waals surface area contributed by atoms with Crippen LogP contribution in [0.15, 0.2) is 18.2 Å². The van der Waals surface area contributed by atoms with Gasteiger partial charge in [0.15, 0.2) is 0 Å². The zero-order valence-electron chi connectivity index (χ0n) is 18.1. The molecule has 3 heterocycles. The topological polar surface area (TPSA) is 59.1 Å². The lowest BCUT2D eigenvalue weighted by molar-refractivity contribution is -0.193. The Bertz CT molecular complexity index is 951. The summed E-state index contributed by atoms with van der Waals surface area (Å²) in [6.45, 7) is 5.25. The van der Waals surface area contributed by atoms with Crippen molar-refractivity contribution in [2.24, 2.45) is 5.41 Å². The second-order valence-corrected chi connectivity index (χ2v) is 10.0. The molecule has 30 heavy (non-hydrogen) atoms. The first-order chi connectivity index (χ1) is 14.4. The van der Waals surface area contributed by atoms with Crippen LogP contribution in [0.2, 0.25) is 0 Å². The lowest BCUT2D eigenvalue weighted by atomic mass is 9.41. The first-order valence-electron chi connectivity index (χ1n) is 11.3. The lowest BCUT2D eigenvalue weighted by Gasteiger charge is -2.69. The van der Waals surface area contributed by atoms with E-state index in [0.717, 1.165) is 63.1 Å².